The number of fused-ring (bicyclic) bond motifs is 4. The van der Waals surface area contributed by atoms with E-state index in [2.05, 4.69) is 60.7 Å². The van der Waals surface area contributed by atoms with Gasteiger partial charge < -0.3 is 5.11 Å². The average Bonchev–Trinajstić information content (AvgIpc) is 3.32. The predicted octanol–water partition coefficient (Wildman–Crippen LogP) is 10.4. The van der Waals surface area contributed by atoms with Gasteiger partial charge in [-0.2, -0.15) is 0 Å². The van der Waals surface area contributed by atoms with E-state index >= 15 is 0 Å². The fourth-order valence-corrected chi connectivity index (χ4v) is 9.02. The summed E-state index contributed by atoms with van der Waals surface area (Å²) in [5.41, 5.74) is 0.476. The molecule has 1 N–H and O–H groups in total. The molecule has 6 heteroatoms. The Kier molecular flexibility index (Phi) is 10.2. The predicted molar refractivity (Wildman–Crippen MR) is 179 cm³/mol. The maximum atomic E-state index is 12.2. The van der Waals surface area contributed by atoms with Crippen LogP contribution < -0.4 is 0 Å². The molecule has 6 aromatic rings. The first-order valence-electron chi connectivity index (χ1n) is 14.6. The van der Waals surface area contributed by atoms with Crippen molar-refractivity contribution in [1.82, 2.24) is 4.98 Å². The van der Waals surface area contributed by atoms with Gasteiger partial charge in [0, 0.05) is 37.0 Å². The van der Waals surface area contributed by atoms with Crippen LogP contribution in [0.5, 0.6) is 0 Å². The van der Waals surface area contributed by atoms with Crippen molar-refractivity contribution in [3.63, 3.8) is 0 Å². The number of carbonyl (C=O) groups is 1. The number of hydrogen-bond acceptors (Lipinski definition) is 4. The van der Waals surface area contributed by atoms with Crippen LogP contribution in [0.2, 0.25) is 0 Å². The molecule has 0 aliphatic heterocycles. The first kappa shape index (κ1) is 32.6. The Bertz CT molecular complexity index is 1910. The van der Waals surface area contributed by atoms with Crippen LogP contribution in [-0.4, -0.2) is 30.4 Å². The van der Waals surface area contributed by atoms with Gasteiger partial charge in [-0.15, -0.1) is 0 Å². The zero-order chi connectivity index (χ0) is 29.4. The number of aliphatic hydroxyl groups is 1. The van der Waals surface area contributed by atoms with Crippen LogP contribution in [0.3, 0.4) is 0 Å². The van der Waals surface area contributed by atoms with Gasteiger partial charge in [-0.1, -0.05) is 41.5 Å². The number of hydrogen-bond donors (Lipinski definition) is 1. The molecule has 42 heavy (non-hydrogen) atoms. The summed E-state index contributed by atoms with van der Waals surface area (Å²) in [6.07, 6.45) is 6.75. The maximum absolute atomic E-state index is 12.2. The molecule has 0 bridgehead atoms. The van der Waals surface area contributed by atoms with E-state index in [0.717, 1.165) is 31.2 Å². The molecule has 0 amide bonds. The third-order valence-corrected chi connectivity index (χ3v) is 12.7. The van der Waals surface area contributed by atoms with Crippen molar-refractivity contribution in [2.24, 2.45) is 10.8 Å². The van der Waals surface area contributed by atoms with E-state index in [1.165, 1.54) is 50.9 Å². The molecule has 0 atom stereocenters. The molecule has 0 aliphatic carbocycles. The van der Waals surface area contributed by atoms with E-state index in [9.17, 15) is 9.90 Å². The third-order valence-electron chi connectivity index (χ3n) is 9.22. The van der Waals surface area contributed by atoms with Gasteiger partial charge >= 0.3 is 148 Å². The Morgan fingerprint density at radius 1 is 0.929 bits per heavy atom. The van der Waals surface area contributed by atoms with Crippen molar-refractivity contribution < 1.29 is 30.0 Å². The van der Waals surface area contributed by atoms with Crippen LogP contribution in [0.15, 0.2) is 72.6 Å². The summed E-state index contributed by atoms with van der Waals surface area (Å²) in [7, 11) is 0. The molecule has 3 nitrogen and oxygen atoms in total. The fourth-order valence-electron chi connectivity index (χ4n) is 5.26. The minimum atomic E-state index is -0.337. The Hall–Kier alpha value is -2.33. The molecule has 221 valence electrons. The van der Waals surface area contributed by atoms with Gasteiger partial charge in [-0.25, -0.2) is 0 Å². The van der Waals surface area contributed by atoms with E-state index in [0.29, 0.717) is 14.5 Å². The summed E-state index contributed by atoms with van der Waals surface area (Å²) in [5.74, 6) is 0.286. The van der Waals surface area contributed by atoms with Crippen molar-refractivity contribution >= 4 is 82.0 Å². The number of aromatic nitrogens is 1. The van der Waals surface area contributed by atoms with Gasteiger partial charge in [0.15, 0.2) is 5.78 Å². The Morgan fingerprint density at radius 3 is 2.29 bits per heavy atom. The number of allylic oxidation sites excluding steroid dienone is 2. The topological polar surface area (TPSA) is 50.2 Å². The molecule has 3 aromatic carbocycles. The van der Waals surface area contributed by atoms with Crippen LogP contribution in [0.25, 0.3) is 50.4 Å². The first-order chi connectivity index (χ1) is 19.7. The van der Waals surface area contributed by atoms with Gasteiger partial charge in [0.05, 0.1) is 0 Å². The summed E-state index contributed by atoms with van der Waals surface area (Å²) in [5, 5.41) is 16.6. The van der Waals surface area contributed by atoms with E-state index in [1.807, 2.05) is 59.1 Å². The van der Waals surface area contributed by atoms with Crippen LogP contribution in [-0.2, 0) is 24.9 Å². The standard InChI is InChI=1S/C21H10NSSe.C15H28O2.Ir/c1-2-6-13-12(5-1)11-22-20-14-7-3-9-16-18(14)19-15(23-21(13)20)8-4-10-17(19)24-16;1-7-14(5,8-2)12(16)11-13(17)15(6,9-3)10-4;/h1-6,8-11H;11,16H,7-10H2,1-6H3;/q-1;;/b;12-11-;. The second-order valence-electron chi connectivity index (χ2n) is 11.4. The Balaban J connectivity index is 0.000000203. The van der Waals surface area contributed by atoms with Crippen LogP contribution in [0.1, 0.15) is 67.2 Å². The summed E-state index contributed by atoms with van der Waals surface area (Å²) in [6, 6.07) is 23.1. The molecule has 0 saturated carbocycles. The van der Waals surface area contributed by atoms with E-state index in [-0.39, 0.29) is 42.5 Å². The van der Waals surface area contributed by atoms with Gasteiger partial charge in [-0.05, 0) is 25.7 Å². The molecule has 1 radical (unpaired) electrons. The summed E-state index contributed by atoms with van der Waals surface area (Å²) in [4.78, 5) is 17.0. The van der Waals surface area contributed by atoms with E-state index < -0.39 is 0 Å². The van der Waals surface area contributed by atoms with Gasteiger partial charge in [0.1, 0.15) is 5.76 Å². The second-order valence-corrected chi connectivity index (χ2v) is 14.7. The second kappa shape index (κ2) is 13.1. The molecule has 3 heterocycles. The zero-order valence-corrected chi connectivity index (χ0v) is 30.1. The third kappa shape index (κ3) is 5.77. The molecular weight excluding hydrogens is 782 g/mol. The van der Waals surface area contributed by atoms with Crippen molar-refractivity contribution in [1.29, 1.82) is 0 Å². The minimum absolute atomic E-state index is 0. The summed E-state index contributed by atoms with van der Waals surface area (Å²) < 4.78 is 5.56. The molecular formula is C36H38IrNO2SSe-. The average molecular weight is 820 g/mol. The molecule has 0 unspecified atom stereocenters. The molecule has 3 aromatic heterocycles. The first-order valence-corrected chi connectivity index (χ1v) is 17.1. The number of pyridine rings is 1. The number of ketones is 1. The fraction of sp³-hybridized carbons (Fsp3) is 0.333. The van der Waals surface area contributed by atoms with Gasteiger partial charge in [0.2, 0.25) is 0 Å². The summed E-state index contributed by atoms with van der Waals surface area (Å²) >= 11 is 2.25. The van der Waals surface area contributed by atoms with Gasteiger partial charge in [-0.3, -0.25) is 4.79 Å². The molecule has 0 fully saturated rings. The molecule has 0 aliphatic rings. The SMILES string of the molecule is CCC(C)(CC)C(=O)/C=C(\O)C(C)(CC)CC.[Ir].[c-]1ccc2[se]c3cccc4sc5c6ccccc6cnc5c1c2c43. The Morgan fingerprint density at radius 2 is 1.60 bits per heavy atom. The molecule has 0 saturated heterocycles. The van der Waals surface area contributed by atoms with Crippen molar-refractivity contribution in [2.75, 3.05) is 0 Å². The quantitative estimate of drug-likeness (QED) is 0.0756. The number of carbonyl (C=O) groups excluding carboxylic acids is 1. The number of benzene rings is 3. The van der Waals surface area contributed by atoms with Crippen LogP contribution >= 0.6 is 11.3 Å². The van der Waals surface area contributed by atoms with E-state index in [1.54, 1.807) is 0 Å². The monoisotopic (exact) mass is 821 g/mol. The normalized spacial score (nSPS) is 12.6. The number of nitrogens with zero attached hydrogens (tertiary/aromatic N) is 1. The Labute approximate surface area is 272 Å². The zero-order valence-electron chi connectivity index (χ0n) is 25.1. The van der Waals surface area contributed by atoms with Gasteiger partial charge in [0.25, 0.3) is 0 Å². The number of aliphatic hydroxyl groups excluding tert-OH is 1. The summed E-state index contributed by atoms with van der Waals surface area (Å²) in [6.45, 7) is 12.1. The van der Waals surface area contributed by atoms with Crippen LogP contribution in [0.4, 0.5) is 0 Å². The molecule has 0 spiro atoms. The van der Waals surface area contributed by atoms with E-state index in [4.69, 9.17) is 4.98 Å². The van der Waals surface area contributed by atoms with Crippen molar-refractivity contribution in [3.05, 3.63) is 78.7 Å². The van der Waals surface area contributed by atoms with Crippen LogP contribution in [0, 0.1) is 16.9 Å². The molecule has 6 rings (SSSR count). The number of rotatable bonds is 7. The van der Waals surface area contributed by atoms with Crippen molar-refractivity contribution in [2.45, 2.75) is 67.2 Å². The van der Waals surface area contributed by atoms with Crippen molar-refractivity contribution in [3.8, 4) is 0 Å².